The molecule has 0 unspecified atom stereocenters. The van der Waals surface area contributed by atoms with Crippen molar-refractivity contribution in [1.82, 2.24) is 0 Å². The van der Waals surface area contributed by atoms with Crippen molar-refractivity contribution in [2.45, 2.75) is 13.3 Å². The van der Waals surface area contributed by atoms with Crippen LogP contribution in [0.3, 0.4) is 0 Å². The molecule has 0 rings (SSSR count). The van der Waals surface area contributed by atoms with Gasteiger partial charge in [0.05, 0.1) is 6.61 Å². The Bertz CT molecular complexity index is 257. The van der Waals surface area contributed by atoms with Crippen molar-refractivity contribution in [1.29, 1.82) is 0 Å². The Morgan fingerprint density at radius 2 is 2.15 bits per heavy atom. The summed E-state index contributed by atoms with van der Waals surface area (Å²) in [5.74, 6) is 0.168. The predicted octanol–water partition coefficient (Wildman–Crippen LogP) is 0.630. The van der Waals surface area contributed by atoms with Crippen LogP contribution in [0.2, 0.25) is 0 Å². The Morgan fingerprint density at radius 1 is 1.46 bits per heavy atom. The molecule has 0 aromatic rings. The summed E-state index contributed by atoms with van der Waals surface area (Å²) in [5.41, 5.74) is 0. The first-order valence-electron chi connectivity index (χ1n) is 3.63. The van der Waals surface area contributed by atoms with E-state index in [0.717, 1.165) is 0 Å². The third-order valence-electron chi connectivity index (χ3n) is 0.968. The Hall–Kier alpha value is -1.76. The smallest absolute Gasteiger partial charge is 0.431 e. The number of carbonyl (C=O) groups excluding carboxylic acids is 2. The Morgan fingerprint density at radius 3 is 2.69 bits per heavy atom. The van der Waals surface area contributed by atoms with Gasteiger partial charge in [0.2, 0.25) is 0 Å². The highest BCUT2D eigenvalue weighted by Crippen LogP contribution is 1.87. The van der Waals surface area contributed by atoms with Gasteiger partial charge in [0.15, 0.2) is 0 Å². The van der Waals surface area contributed by atoms with Crippen molar-refractivity contribution >= 4 is 11.9 Å². The van der Waals surface area contributed by atoms with Crippen molar-refractivity contribution < 1.29 is 19.1 Å². The van der Waals surface area contributed by atoms with Crippen LogP contribution in [0.4, 0.5) is 0 Å². The highest BCUT2D eigenvalue weighted by molar-refractivity contribution is 6.29. The summed E-state index contributed by atoms with van der Waals surface area (Å²) in [6, 6.07) is 0. The third-order valence-corrected chi connectivity index (χ3v) is 0.968. The zero-order chi connectivity index (χ0) is 10.1. The summed E-state index contributed by atoms with van der Waals surface area (Å²) in [5, 5.41) is 0. The predicted molar refractivity (Wildman–Crippen MR) is 45.3 cm³/mol. The van der Waals surface area contributed by atoms with E-state index in [1.807, 2.05) is 6.11 Å². The lowest BCUT2D eigenvalue weighted by molar-refractivity contribution is -0.163. The largest absolute Gasteiger partial charge is 0.457 e. The second-order valence-corrected chi connectivity index (χ2v) is 1.95. The maximum Gasteiger partial charge on any atom is 0.431 e. The van der Waals surface area contributed by atoms with Gasteiger partial charge in [0.1, 0.15) is 6.11 Å². The second-order valence-electron chi connectivity index (χ2n) is 1.95. The molecule has 0 saturated carbocycles. The fourth-order valence-corrected chi connectivity index (χ4v) is 0.433. The second kappa shape index (κ2) is 6.92. The standard InChI is InChI=1S/C9H10O4/c1-3-5-7-13-9(11)8(10)12-6-4-2/h3H,1,5,7H2,2H3. The average Bonchev–Trinajstić information content (AvgIpc) is 2.14. The minimum Gasteiger partial charge on any atom is -0.457 e. The number of esters is 2. The summed E-state index contributed by atoms with van der Waals surface area (Å²) in [7, 11) is 0. The molecule has 0 radical (unpaired) electrons. The van der Waals surface area contributed by atoms with Crippen LogP contribution in [-0.4, -0.2) is 18.5 Å². The van der Waals surface area contributed by atoms with Crippen LogP contribution in [0.25, 0.3) is 0 Å². The lowest BCUT2D eigenvalue weighted by atomic mass is 10.4. The summed E-state index contributed by atoms with van der Waals surface area (Å²) >= 11 is 0. The van der Waals surface area contributed by atoms with E-state index in [4.69, 9.17) is 0 Å². The quantitative estimate of drug-likeness (QED) is 0.211. The summed E-state index contributed by atoms with van der Waals surface area (Å²) < 4.78 is 8.67. The van der Waals surface area contributed by atoms with Gasteiger partial charge < -0.3 is 9.47 Å². The van der Waals surface area contributed by atoms with Gasteiger partial charge in [0, 0.05) is 6.92 Å². The molecule has 0 atom stereocenters. The van der Waals surface area contributed by atoms with Gasteiger partial charge in [-0.2, -0.15) is 0 Å². The van der Waals surface area contributed by atoms with Crippen LogP contribution in [0.5, 0.6) is 0 Å². The topological polar surface area (TPSA) is 52.6 Å². The SMILES string of the molecule is C=CCCOC(=O)C(=O)OC#CC. The molecule has 4 heteroatoms. The van der Waals surface area contributed by atoms with E-state index >= 15 is 0 Å². The van der Waals surface area contributed by atoms with Gasteiger partial charge >= 0.3 is 11.9 Å². The average molecular weight is 182 g/mol. The summed E-state index contributed by atoms with van der Waals surface area (Å²) in [6.45, 7) is 5.03. The Balaban J connectivity index is 3.74. The molecule has 0 aliphatic rings. The van der Waals surface area contributed by atoms with E-state index in [1.165, 1.54) is 6.92 Å². The monoisotopic (exact) mass is 182 g/mol. The maximum atomic E-state index is 10.7. The summed E-state index contributed by atoms with van der Waals surface area (Å²) in [4.78, 5) is 21.4. The van der Waals surface area contributed by atoms with Crippen LogP contribution < -0.4 is 0 Å². The van der Waals surface area contributed by atoms with Crippen molar-refractivity contribution in [2.75, 3.05) is 6.61 Å². The molecule has 70 valence electrons. The van der Waals surface area contributed by atoms with E-state index in [2.05, 4.69) is 22.0 Å². The first-order chi connectivity index (χ1) is 6.22. The molecule has 0 bridgehead atoms. The maximum absolute atomic E-state index is 10.7. The molecule has 0 aromatic carbocycles. The van der Waals surface area contributed by atoms with Crippen LogP contribution in [-0.2, 0) is 19.1 Å². The van der Waals surface area contributed by atoms with Crippen LogP contribution in [0, 0.1) is 12.0 Å². The molecule has 0 heterocycles. The van der Waals surface area contributed by atoms with Crippen molar-refractivity contribution in [3.63, 3.8) is 0 Å². The fourth-order valence-electron chi connectivity index (χ4n) is 0.433. The summed E-state index contributed by atoms with van der Waals surface area (Å²) in [6.07, 6.45) is 4.07. The van der Waals surface area contributed by atoms with E-state index in [0.29, 0.717) is 6.42 Å². The molecule has 0 N–H and O–H groups in total. The van der Waals surface area contributed by atoms with Gasteiger partial charge in [-0.3, -0.25) is 0 Å². The number of ether oxygens (including phenoxy) is 2. The van der Waals surface area contributed by atoms with E-state index in [-0.39, 0.29) is 6.61 Å². The molecular formula is C9H10O4. The normalized spacial score (nSPS) is 7.77. The van der Waals surface area contributed by atoms with Gasteiger partial charge in [-0.25, -0.2) is 9.59 Å². The first kappa shape index (κ1) is 11.2. The van der Waals surface area contributed by atoms with Crippen LogP contribution >= 0.6 is 0 Å². The lowest BCUT2D eigenvalue weighted by Crippen LogP contribution is -2.18. The lowest BCUT2D eigenvalue weighted by Gasteiger charge is -1.98. The highest BCUT2D eigenvalue weighted by Gasteiger charge is 2.15. The number of hydrogen-bond acceptors (Lipinski definition) is 4. The molecule has 0 aliphatic carbocycles. The zero-order valence-electron chi connectivity index (χ0n) is 7.33. The van der Waals surface area contributed by atoms with Gasteiger partial charge in [-0.15, -0.1) is 6.58 Å². The third kappa shape index (κ3) is 5.50. The molecule has 13 heavy (non-hydrogen) atoms. The number of carbonyl (C=O) groups is 2. The van der Waals surface area contributed by atoms with Gasteiger partial charge in [0.25, 0.3) is 0 Å². The van der Waals surface area contributed by atoms with Crippen molar-refractivity contribution in [3.05, 3.63) is 12.7 Å². The zero-order valence-corrected chi connectivity index (χ0v) is 7.33. The molecule has 0 aliphatic heterocycles. The fraction of sp³-hybridized carbons (Fsp3) is 0.333. The van der Waals surface area contributed by atoms with Crippen molar-refractivity contribution in [3.8, 4) is 12.0 Å². The van der Waals surface area contributed by atoms with E-state index in [1.54, 1.807) is 6.08 Å². The molecule has 4 nitrogen and oxygen atoms in total. The van der Waals surface area contributed by atoms with E-state index < -0.39 is 11.9 Å². The molecule has 0 spiro atoms. The van der Waals surface area contributed by atoms with Crippen LogP contribution in [0.1, 0.15) is 13.3 Å². The minimum atomic E-state index is -1.10. The minimum absolute atomic E-state index is 0.122. The van der Waals surface area contributed by atoms with Crippen LogP contribution in [0.15, 0.2) is 12.7 Å². The van der Waals surface area contributed by atoms with E-state index in [9.17, 15) is 9.59 Å². The molecular weight excluding hydrogens is 172 g/mol. The number of rotatable bonds is 3. The van der Waals surface area contributed by atoms with Crippen molar-refractivity contribution in [2.24, 2.45) is 0 Å². The molecule has 0 amide bonds. The molecule has 0 aromatic heterocycles. The van der Waals surface area contributed by atoms with Gasteiger partial charge in [-0.1, -0.05) is 12.0 Å². The Kier molecular flexibility index (Phi) is 5.98. The van der Waals surface area contributed by atoms with Gasteiger partial charge in [-0.05, 0) is 6.42 Å². The first-order valence-corrected chi connectivity index (χ1v) is 3.63. The number of hydrogen-bond donors (Lipinski definition) is 0. The molecule has 0 fully saturated rings. The molecule has 0 saturated heterocycles. The highest BCUT2D eigenvalue weighted by atomic mass is 16.6. The Labute approximate surface area is 76.5 Å².